The van der Waals surface area contributed by atoms with Crippen LogP contribution in [0.1, 0.15) is 96.8 Å². The number of esters is 2. The van der Waals surface area contributed by atoms with Gasteiger partial charge < -0.3 is 10.5 Å². The zero-order valence-corrected chi connectivity index (χ0v) is 18.6. The summed E-state index contributed by atoms with van der Waals surface area (Å²) in [5.41, 5.74) is 5.07. The predicted octanol–water partition coefficient (Wildman–Crippen LogP) is 4.67. The van der Waals surface area contributed by atoms with Crippen LogP contribution in [0, 0.1) is 0 Å². The van der Waals surface area contributed by atoms with Crippen molar-refractivity contribution < 1.29 is 14.3 Å². The summed E-state index contributed by atoms with van der Waals surface area (Å²) in [6, 6.07) is 0. The average molecular weight is 363 g/mol. The van der Waals surface area contributed by atoms with Crippen molar-refractivity contribution in [3.63, 3.8) is 0 Å². The van der Waals surface area contributed by atoms with Crippen molar-refractivity contribution in [1.29, 1.82) is 0 Å². The molecule has 0 aromatic heterocycles. The summed E-state index contributed by atoms with van der Waals surface area (Å²) in [7, 11) is 0. The summed E-state index contributed by atoms with van der Waals surface area (Å²) < 4.78 is 4.51. The van der Waals surface area contributed by atoms with Gasteiger partial charge in [-0.25, -0.2) is 0 Å². The van der Waals surface area contributed by atoms with E-state index in [0.29, 0.717) is 6.42 Å². The Morgan fingerprint density at radius 3 is 1.76 bits per heavy atom. The van der Waals surface area contributed by atoms with Crippen molar-refractivity contribution >= 4 is 41.5 Å². The van der Waals surface area contributed by atoms with Crippen LogP contribution in [0.5, 0.6) is 0 Å². The molecular weight excluding hydrogens is 325 g/mol. The van der Waals surface area contributed by atoms with Gasteiger partial charge in [0, 0.05) is 36.0 Å². The molecule has 0 saturated carbocycles. The van der Waals surface area contributed by atoms with Gasteiger partial charge in [-0.15, -0.1) is 0 Å². The van der Waals surface area contributed by atoms with E-state index >= 15 is 0 Å². The third kappa shape index (κ3) is 21.8. The van der Waals surface area contributed by atoms with Gasteiger partial charge in [0.1, 0.15) is 0 Å². The molecule has 0 aromatic rings. The molecule has 0 spiro atoms. The molecule has 0 unspecified atom stereocenters. The van der Waals surface area contributed by atoms with E-state index in [0.717, 1.165) is 25.7 Å². The van der Waals surface area contributed by atoms with Crippen LogP contribution in [0.2, 0.25) is 0 Å². The number of ether oxygens (including phenoxy) is 1. The van der Waals surface area contributed by atoms with Gasteiger partial charge >= 0.3 is 11.9 Å². The molecule has 0 atom stereocenters. The second-order valence-electron chi connectivity index (χ2n) is 6.38. The van der Waals surface area contributed by atoms with Crippen LogP contribution in [0.25, 0.3) is 0 Å². The zero-order chi connectivity index (χ0) is 17.9. The second kappa shape index (κ2) is 21.9. The Hall–Kier alpha value is -0.160. The van der Waals surface area contributed by atoms with Crippen molar-refractivity contribution in [2.24, 2.45) is 5.73 Å². The molecule has 0 bridgehead atoms. The summed E-state index contributed by atoms with van der Waals surface area (Å²) in [4.78, 5) is 22.0. The normalized spacial score (nSPS) is 10.6. The Bertz CT molecular complexity index is 346. The maximum absolute atomic E-state index is 11.2. The van der Waals surface area contributed by atoms with Gasteiger partial charge in [0.05, 0.1) is 6.54 Å². The van der Waals surface area contributed by atoms with Gasteiger partial charge in [-0.1, -0.05) is 70.4 Å². The van der Waals surface area contributed by atoms with Crippen LogP contribution in [-0.4, -0.2) is 48.0 Å². The fourth-order valence-corrected chi connectivity index (χ4v) is 2.56. The van der Waals surface area contributed by atoms with Crippen molar-refractivity contribution in [3.8, 4) is 0 Å². The van der Waals surface area contributed by atoms with Gasteiger partial charge in [-0.2, -0.15) is 0 Å². The molecule has 0 aromatic carbocycles. The summed E-state index contributed by atoms with van der Waals surface area (Å²) in [6.07, 6.45) is 20.8. The number of hydrogen-bond acceptors (Lipinski definition) is 4. The van der Waals surface area contributed by atoms with Gasteiger partial charge in [0.2, 0.25) is 0 Å². The van der Waals surface area contributed by atoms with Gasteiger partial charge in [0.25, 0.3) is 0 Å². The molecule has 0 fully saturated rings. The quantitative estimate of drug-likeness (QED) is 0.142. The third-order valence-corrected chi connectivity index (χ3v) is 4.04. The van der Waals surface area contributed by atoms with Crippen molar-refractivity contribution in [2.75, 3.05) is 6.54 Å². The molecular formula is C20H37NNaO3. The standard InChI is InChI=1S/C20H37NO3.Na/c1-2-3-4-5-6-7-8-9-10-11-12-13-14-15-16-17-19(22)24-20(23)18-21;/h9-10H,2-8,11-18,21H2,1H3;. The Balaban J connectivity index is 0. The minimum absolute atomic E-state index is 0. The number of unbranched alkanes of at least 4 members (excludes halogenated alkanes) is 11. The van der Waals surface area contributed by atoms with Crippen molar-refractivity contribution in [1.82, 2.24) is 0 Å². The minimum Gasteiger partial charge on any atom is -0.392 e. The maximum atomic E-state index is 11.2. The Morgan fingerprint density at radius 1 is 0.760 bits per heavy atom. The first-order valence-electron chi connectivity index (χ1n) is 9.79. The van der Waals surface area contributed by atoms with E-state index in [1.54, 1.807) is 0 Å². The Morgan fingerprint density at radius 2 is 1.24 bits per heavy atom. The van der Waals surface area contributed by atoms with Gasteiger partial charge in [0.15, 0.2) is 0 Å². The SMILES string of the molecule is CCCCCCCCC=CCCCCCCCC(=O)OC(=O)CN.[Na]. The van der Waals surface area contributed by atoms with Crippen LogP contribution in [0.4, 0.5) is 0 Å². The first kappa shape index (κ1) is 27.1. The molecule has 2 N–H and O–H groups in total. The van der Waals surface area contributed by atoms with Crippen LogP contribution >= 0.6 is 0 Å². The molecule has 141 valence electrons. The smallest absolute Gasteiger partial charge is 0.327 e. The number of rotatable bonds is 16. The second-order valence-corrected chi connectivity index (χ2v) is 6.38. The number of nitrogens with two attached hydrogens (primary N) is 1. The number of allylic oxidation sites excluding steroid dienone is 2. The van der Waals surface area contributed by atoms with Crippen LogP contribution in [0.15, 0.2) is 12.2 Å². The topological polar surface area (TPSA) is 69.4 Å². The van der Waals surface area contributed by atoms with E-state index < -0.39 is 11.9 Å². The maximum Gasteiger partial charge on any atom is 0.327 e. The molecule has 25 heavy (non-hydrogen) atoms. The van der Waals surface area contributed by atoms with Crippen molar-refractivity contribution in [3.05, 3.63) is 12.2 Å². The molecule has 4 nitrogen and oxygen atoms in total. The molecule has 0 aliphatic heterocycles. The summed E-state index contributed by atoms with van der Waals surface area (Å²) >= 11 is 0. The number of carbonyl (C=O) groups is 2. The first-order chi connectivity index (χ1) is 11.7. The summed E-state index contributed by atoms with van der Waals surface area (Å²) in [5.74, 6) is -1.10. The molecule has 1 radical (unpaired) electrons. The van der Waals surface area contributed by atoms with Crippen molar-refractivity contribution in [2.45, 2.75) is 96.8 Å². The molecule has 0 aliphatic carbocycles. The van der Waals surface area contributed by atoms with E-state index in [1.807, 2.05) is 0 Å². The molecule has 5 heteroatoms. The zero-order valence-electron chi connectivity index (χ0n) is 16.6. The largest absolute Gasteiger partial charge is 0.392 e. The summed E-state index contributed by atoms with van der Waals surface area (Å²) in [5, 5.41) is 0. The van der Waals surface area contributed by atoms with E-state index in [4.69, 9.17) is 5.73 Å². The number of hydrogen-bond donors (Lipinski definition) is 1. The molecule has 0 aliphatic rings. The Labute approximate surface area is 176 Å². The molecule has 0 saturated heterocycles. The Kier molecular flexibility index (Phi) is 23.7. The van der Waals surface area contributed by atoms with Crippen LogP contribution < -0.4 is 5.73 Å². The van der Waals surface area contributed by atoms with Crippen LogP contribution in [-0.2, 0) is 14.3 Å². The number of carbonyl (C=O) groups excluding carboxylic acids is 2. The van der Waals surface area contributed by atoms with E-state index in [1.165, 1.54) is 57.8 Å². The van der Waals surface area contributed by atoms with Gasteiger partial charge in [-0.3, -0.25) is 9.59 Å². The predicted molar refractivity (Wildman–Crippen MR) is 105 cm³/mol. The average Bonchev–Trinajstić information content (AvgIpc) is 2.58. The fourth-order valence-electron chi connectivity index (χ4n) is 2.56. The minimum atomic E-state index is -0.646. The van der Waals surface area contributed by atoms with E-state index in [9.17, 15) is 9.59 Å². The monoisotopic (exact) mass is 362 g/mol. The van der Waals surface area contributed by atoms with E-state index in [2.05, 4.69) is 23.8 Å². The summed E-state index contributed by atoms with van der Waals surface area (Å²) in [6.45, 7) is 2.01. The third-order valence-electron chi connectivity index (χ3n) is 4.04. The molecule has 0 rings (SSSR count). The molecule has 0 amide bonds. The fraction of sp³-hybridized carbons (Fsp3) is 0.800. The van der Waals surface area contributed by atoms with E-state index in [-0.39, 0.29) is 36.1 Å². The van der Waals surface area contributed by atoms with Gasteiger partial charge in [-0.05, 0) is 32.1 Å². The molecule has 0 heterocycles. The van der Waals surface area contributed by atoms with Crippen LogP contribution in [0.3, 0.4) is 0 Å². The first-order valence-corrected chi connectivity index (χ1v) is 9.79.